The van der Waals surface area contributed by atoms with Crippen LogP contribution in [0.2, 0.25) is 0 Å². The molecule has 3 rings (SSSR count). The first-order valence-electron chi connectivity index (χ1n) is 8.80. The summed E-state index contributed by atoms with van der Waals surface area (Å²) in [6, 6.07) is 9.40. The molecule has 0 bridgehead atoms. The maximum atomic E-state index is 12.9. The summed E-state index contributed by atoms with van der Waals surface area (Å²) in [5.74, 6) is 0.527. The molecule has 2 atom stereocenters. The third-order valence-corrected chi connectivity index (χ3v) is 4.77. The van der Waals surface area contributed by atoms with Gasteiger partial charge in [-0.05, 0) is 24.8 Å². The van der Waals surface area contributed by atoms with Gasteiger partial charge in [0.25, 0.3) is 5.56 Å². The third kappa shape index (κ3) is 3.45. The minimum absolute atomic E-state index is 0.0289. The number of hydrogen-bond donors (Lipinski definition) is 0. The van der Waals surface area contributed by atoms with E-state index in [1.807, 2.05) is 37.3 Å². The lowest BCUT2D eigenvalue weighted by Gasteiger charge is -2.20. The Bertz CT molecular complexity index is 874. The van der Waals surface area contributed by atoms with E-state index in [4.69, 9.17) is 9.47 Å². The molecule has 2 heterocycles. The third-order valence-electron chi connectivity index (χ3n) is 4.77. The molecule has 1 aromatic carbocycles. The van der Waals surface area contributed by atoms with Crippen LogP contribution in [0.1, 0.15) is 19.8 Å². The predicted molar refractivity (Wildman–Crippen MR) is 101 cm³/mol. The number of benzene rings is 1. The van der Waals surface area contributed by atoms with Crippen LogP contribution in [0.5, 0.6) is 5.88 Å². The lowest BCUT2D eigenvalue weighted by atomic mass is 10.1. The average molecular weight is 356 g/mol. The molecule has 1 fully saturated rings. The Morgan fingerprint density at radius 1 is 1.38 bits per heavy atom. The van der Waals surface area contributed by atoms with Crippen LogP contribution >= 0.6 is 0 Å². The number of hydrogen-bond acceptors (Lipinski definition) is 4. The van der Waals surface area contributed by atoms with Crippen molar-refractivity contribution in [3.8, 4) is 5.88 Å². The minimum Gasteiger partial charge on any atom is -0.473 e. The van der Waals surface area contributed by atoms with Crippen molar-refractivity contribution < 1.29 is 14.3 Å². The highest BCUT2D eigenvalue weighted by atomic mass is 16.5. The molecule has 1 aliphatic rings. The number of pyridine rings is 1. The molecule has 0 aliphatic carbocycles. The maximum absolute atomic E-state index is 12.9. The number of carbonyl (C=O) groups excluding carboxylic acids is 1. The first-order valence-corrected chi connectivity index (χ1v) is 8.80. The number of methoxy groups -OCH3 is 1. The van der Waals surface area contributed by atoms with Crippen LogP contribution < -0.4 is 10.3 Å². The van der Waals surface area contributed by atoms with Gasteiger partial charge in [-0.25, -0.2) is 4.79 Å². The Balaban J connectivity index is 1.92. The number of fused-ring (bicyclic) bond motifs is 1. The van der Waals surface area contributed by atoms with Crippen molar-refractivity contribution >= 4 is 16.9 Å². The number of carbonyl (C=O) groups is 1. The van der Waals surface area contributed by atoms with E-state index in [0.29, 0.717) is 37.2 Å². The molecule has 6 heteroatoms. The predicted octanol–water partition coefficient (Wildman–Crippen LogP) is 3.19. The Labute approximate surface area is 152 Å². The van der Waals surface area contributed by atoms with Crippen molar-refractivity contribution in [1.29, 1.82) is 0 Å². The molecule has 138 valence electrons. The molecule has 1 aliphatic heterocycles. The van der Waals surface area contributed by atoms with Gasteiger partial charge in [0.2, 0.25) is 0 Å². The van der Waals surface area contributed by atoms with Gasteiger partial charge in [0, 0.05) is 30.5 Å². The standard InChI is InChI=1S/C20H24N2O4/c1-4-5-10-21-18(12-15-8-6-7-9-17(15)19(21)23)26-16-11-14(2)22(13-16)20(24)25-3/h4,6-9,12,14,16H,1,5,10-11,13H2,2-3H3/t14-,16-/m1/s1. The van der Waals surface area contributed by atoms with Crippen LogP contribution in [0.3, 0.4) is 0 Å². The van der Waals surface area contributed by atoms with Gasteiger partial charge in [-0.15, -0.1) is 6.58 Å². The van der Waals surface area contributed by atoms with E-state index in [-0.39, 0.29) is 23.8 Å². The molecule has 2 aromatic rings. The van der Waals surface area contributed by atoms with E-state index in [0.717, 1.165) is 5.39 Å². The van der Waals surface area contributed by atoms with Crippen LogP contribution in [0.4, 0.5) is 4.79 Å². The number of amides is 1. The summed E-state index contributed by atoms with van der Waals surface area (Å²) in [6.07, 6.45) is 2.61. The zero-order chi connectivity index (χ0) is 18.7. The highest BCUT2D eigenvalue weighted by Crippen LogP contribution is 2.25. The SMILES string of the molecule is C=CCCn1c(O[C@@H]2C[C@@H](C)N(C(=O)OC)C2)cc2ccccc2c1=O. The summed E-state index contributed by atoms with van der Waals surface area (Å²) in [4.78, 5) is 26.4. The molecule has 6 nitrogen and oxygen atoms in total. The molecule has 0 saturated carbocycles. The summed E-state index contributed by atoms with van der Waals surface area (Å²) in [7, 11) is 1.37. The highest BCUT2D eigenvalue weighted by molar-refractivity contribution is 5.82. The van der Waals surface area contributed by atoms with Crippen molar-refractivity contribution in [2.45, 2.75) is 38.5 Å². The molecule has 0 radical (unpaired) electrons. The molecule has 0 N–H and O–H groups in total. The molecule has 1 aromatic heterocycles. The van der Waals surface area contributed by atoms with Crippen LogP contribution in [0.25, 0.3) is 10.8 Å². The normalized spacial score (nSPS) is 19.5. The zero-order valence-electron chi connectivity index (χ0n) is 15.2. The maximum Gasteiger partial charge on any atom is 0.409 e. The van der Waals surface area contributed by atoms with E-state index in [2.05, 4.69) is 6.58 Å². The summed E-state index contributed by atoms with van der Waals surface area (Å²) < 4.78 is 12.6. The minimum atomic E-state index is -0.355. The molecule has 1 amide bonds. The Kier molecular flexibility index (Phi) is 5.30. The van der Waals surface area contributed by atoms with Crippen LogP contribution in [-0.4, -0.2) is 41.4 Å². The largest absolute Gasteiger partial charge is 0.473 e. The van der Waals surface area contributed by atoms with Gasteiger partial charge < -0.3 is 14.4 Å². The fraction of sp³-hybridized carbons (Fsp3) is 0.400. The Morgan fingerprint density at radius 3 is 2.88 bits per heavy atom. The molecular weight excluding hydrogens is 332 g/mol. The van der Waals surface area contributed by atoms with Gasteiger partial charge in [0.15, 0.2) is 5.88 Å². The first-order chi connectivity index (χ1) is 12.5. The number of rotatable bonds is 5. The van der Waals surface area contributed by atoms with E-state index in [1.165, 1.54) is 7.11 Å². The van der Waals surface area contributed by atoms with Gasteiger partial charge in [-0.2, -0.15) is 0 Å². The number of likely N-dealkylation sites (tertiary alicyclic amines) is 1. The van der Waals surface area contributed by atoms with Crippen molar-refractivity contribution in [3.63, 3.8) is 0 Å². The zero-order valence-corrected chi connectivity index (χ0v) is 15.2. The summed E-state index contributed by atoms with van der Waals surface area (Å²) in [5, 5.41) is 1.51. The van der Waals surface area contributed by atoms with Crippen LogP contribution in [0.15, 0.2) is 47.8 Å². The van der Waals surface area contributed by atoms with Crippen LogP contribution in [-0.2, 0) is 11.3 Å². The van der Waals surface area contributed by atoms with Gasteiger partial charge in [0.1, 0.15) is 6.10 Å². The first kappa shape index (κ1) is 18.0. The number of nitrogens with zero attached hydrogens (tertiary/aromatic N) is 2. The Morgan fingerprint density at radius 2 is 2.15 bits per heavy atom. The fourth-order valence-corrected chi connectivity index (χ4v) is 3.41. The average Bonchev–Trinajstić information content (AvgIpc) is 3.01. The van der Waals surface area contributed by atoms with E-state index >= 15 is 0 Å². The summed E-state index contributed by atoms with van der Waals surface area (Å²) >= 11 is 0. The molecule has 0 unspecified atom stereocenters. The van der Waals surface area contributed by atoms with Crippen LogP contribution in [0, 0.1) is 0 Å². The number of aromatic nitrogens is 1. The second-order valence-corrected chi connectivity index (χ2v) is 6.55. The molecule has 1 saturated heterocycles. The lowest BCUT2D eigenvalue weighted by Crippen LogP contribution is -2.35. The second kappa shape index (κ2) is 7.64. The molecule has 0 spiro atoms. The van der Waals surface area contributed by atoms with Gasteiger partial charge in [-0.3, -0.25) is 9.36 Å². The smallest absolute Gasteiger partial charge is 0.409 e. The van der Waals surface area contributed by atoms with Gasteiger partial charge in [-0.1, -0.05) is 24.3 Å². The molecule has 26 heavy (non-hydrogen) atoms. The fourth-order valence-electron chi connectivity index (χ4n) is 3.41. The van der Waals surface area contributed by atoms with Crippen molar-refractivity contribution in [2.24, 2.45) is 0 Å². The highest BCUT2D eigenvalue weighted by Gasteiger charge is 2.34. The topological polar surface area (TPSA) is 60.8 Å². The van der Waals surface area contributed by atoms with E-state index in [9.17, 15) is 9.59 Å². The number of allylic oxidation sites excluding steroid dienone is 1. The quantitative estimate of drug-likeness (QED) is 0.772. The summed E-state index contributed by atoms with van der Waals surface area (Å²) in [6.45, 7) is 6.65. The van der Waals surface area contributed by atoms with E-state index < -0.39 is 0 Å². The van der Waals surface area contributed by atoms with Gasteiger partial charge in [0.05, 0.1) is 13.7 Å². The van der Waals surface area contributed by atoms with Crippen molar-refractivity contribution in [2.75, 3.05) is 13.7 Å². The van der Waals surface area contributed by atoms with Crippen molar-refractivity contribution in [3.05, 3.63) is 53.3 Å². The van der Waals surface area contributed by atoms with Gasteiger partial charge >= 0.3 is 6.09 Å². The van der Waals surface area contributed by atoms with E-state index in [1.54, 1.807) is 15.5 Å². The summed E-state index contributed by atoms with van der Waals surface area (Å²) in [5.41, 5.74) is -0.0733. The monoisotopic (exact) mass is 356 g/mol. The lowest BCUT2D eigenvalue weighted by molar-refractivity contribution is 0.116. The Hall–Kier alpha value is -2.76. The number of ether oxygens (including phenoxy) is 2. The second-order valence-electron chi connectivity index (χ2n) is 6.55. The molecular formula is C20H24N2O4. The van der Waals surface area contributed by atoms with Crippen molar-refractivity contribution in [1.82, 2.24) is 9.47 Å².